The fourth-order valence-electron chi connectivity index (χ4n) is 4.37. The third-order valence-corrected chi connectivity index (χ3v) is 6.83. The van der Waals surface area contributed by atoms with Gasteiger partial charge in [-0.2, -0.15) is 0 Å². The summed E-state index contributed by atoms with van der Waals surface area (Å²) in [4.78, 5) is 16.4. The van der Waals surface area contributed by atoms with E-state index in [1.165, 1.54) is 18.4 Å². The number of nitrogens with zero attached hydrogens (tertiary/aromatic N) is 5. The number of halogens is 1. The maximum atomic E-state index is 12.3. The monoisotopic (exact) mass is 481 g/mol. The molecule has 0 spiro atoms. The van der Waals surface area contributed by atoms with Crippen molar-refractivity contribution in [1.82, 2.24) is 24.8 Å². The summed E-state index contributed by atoms with van der Waals surface area (Å²) in [5.74, 6) is 0.733. The lowest BCUT2D eigenvalue weighted by atomic mass is 10.0. The molecule has 0 radical (unpaired) electrons. The van der Waals surface area contributed by atoms with Crippen LogP contribution < -0.4 is 0 Å². The second-order valence-corrected chi connectivity index (χ2v) is 10.8. The fourth-order valence-corrected chi connectivity index (χ4v) is 4.68. The second-order valence-electron chi connectivity index (χ2n) is 10.5. The molecule has 180 valence electrons. The van der Waals surface area contributed by atoms with Crippen LogP contribution in [0.4, 0.5) is 4.79 Å². The van der Waals surface area contributed by atoms with Gasteiger partial charge in [-0.15, -0.1) is 5.10 Å². The third kappa shape index (κ3) is 5.20. The number of benzene rings is 2. The average molecular weight is 482 g/mol. The highest BCUT2D eigenvalue weighted by atomic mass is 35.5. The van der Waals surface area contributed by atoms with E-state index in [9.17, 15) is 4.79 Å². The quantitative estimate of drug-likeness (QED) is 0.500. The molecule has 1 amide bonds. The summed E-state index contributed by atoms with van der Waals surface area (Å²) in [5.41, 5.74) is 4.60. The Morgan fingerprint density at radius 3 is 2.41 bits per heavy atom. The van der Waals surface area contributed by atoms with Gasteiger partial charge in [-0.05, 0) is 56.7 Å². The van der Waals surface area contributed by atoms with Crippen molar-refractivity contribution in [3.05, 3.63) is 47.0 Å². The molecule has 0 bridgehead atoms. The molecule has 0 atom stereocenters. The molecule has 7 nitrogen and oxygen atoms in total. The Morgan fingerprint density at radius 1 is 1.06 bits per heavy atom. The zero-order valence-electron chi connectivity index (χ0n) is 20.1. The maximum Gasteiger partial charge on any atom is 0.410 e. The molecule has 1 aliphatic heterocycles. The van der Waals surface area contributed by atoms with Crippen molar-refractivity contribution >= 4 is 28.7 Å². The molecule has 2 aliphatic rings. The van der Waals surface area contributed by atoms with Gasteiger partial charge >= 0.3 is 6.09 Å². The number of ether oxygens (including phenoxy) is 1. The van der Waals surface area contributed by atoms with E-state index < -0.39 is 5.60 Å². The van der Waals surface area contributed by atoms with Crippen molar-refractivity contribution in [2.24, 2.45) is 5.92 Å². The Labute approximate surface area is 205 Å². The highest BCUT2D eigenvalue weighted by molar-refractivity contribution is 6.37. The molecule has 3 aromatic rings. The van der Waals surface area contributed by atoms with Crippen LogP contribution in [0.3, 0.4) is 0 Å². The van der Waals surface area contributed by atoms with Crippen LogP contribution in [0, 0.1) is 5.92 Å². The minimum absolute atomic E-state index is 0.224. The van der Waals surface area contributed by atoms with Crippen molar-refractivity contribution in [2.45, 2.75) is 52.3 Å². The van der Waals surface area contributed by atoms with Gasteiger partial charge in [0.1, 0.15) is 11.1 Å². The lowest BCUT2D eigenvalue weighted by Gasteiger charge is -2.35. The van der Waals surface area contributed by atoms with Crippen molar-refractivity contribution in [3.8, 4) is 11.1 Å². The summed E-state index contributed by atoms with van der Waals surface area (Å²) >= 11 is 6.75. The summed E-state index contributed by atoms with van der Waals surface area (Å²) in [6, 6.07) is 12.7. The van der Waals surface area contributed by atoms with Gasteiger partial charge in [0.25, 0.3) is 0 Å². The zero-order chi connectivity index (χ0) is 23.9. The Bertz CT molecular complexity index is 1170. The van der Waals surface area contributed by atoms with Gasteiger partial charge in [0.05, 0.1) is 10.5 Å². The molecule has 2 fully saturated rings. The van der Waals surface area contributed by atoms with E-state index in [-0.39, 0.29) is 6.09 Å². The molecule has 2 aromatic carbocycles. The van der Waals surface area contributed by atoms with Crippen molar-refractivity contribution in [2.75, 3.05) is 26.2 Å². The number of hydrogen-bond acceptors (Lipinski definition) is 5. The van der Waals surface area contributed by atoms with Crippen LogP contribution in [0.2, 0.25) is 5.02 Å². The molecule has 1 aromatic heterocycles. The molecule has 1 saturated heterocycles. The van der Waals surface area contributed by atoms with Gasteiger partial charge in [-0.3, -0.25) is 4.90 Å². The van der Waals surface area contributed by atoms with E-state index >= 15 is 0 Å². The van der Waals surface area contributed by atoms with Crippen LogP contribution in [0.25, 0.3) is 22.2 Å². The molecule has 0 N–H and O–H groups in total. The first kappa shape index (κ1) is 23.1. The molecular weight excluding hydrogens is 450 g/mol. The SMILES string of the molecule is CC(C)(C)OC(=O)N1CCN(Cc2ccc(-c3ccc4c(nnn4CC4CC4)c3Cl)cc2)CC1. The molecule has 0 unspecified atom stereocenters. The highest BCUT2D eigenvalue weighted by Gasteiger charge is 2.26. The number of carbonyl (C=O) groups excluding carboxylic acids is 1. The largest absolute Gasteiger partial charge is 0.444 e. The number of carbonyl (C=O) groups is 1. The minimum Gasteiger partial charge on any atom is -0.444 e. The Hall–Kier alpha value is -2.64. The summed E-state index contributed by atoms with van der Waals surface area (Å²) < 4.78 is 7.47. The predicted octanol–water partition coefficient (Wildman–Crippen LogP) is 5.21. The Balaban J connectivity index is 1.21. The fraction of sp³-hybridized carbons (Fsp3) is 0.500. The highest BCUT2D eigenvalue weighted by Crippen LogP contribution is 2.35. The lowest BCUT2D eigenvalue weighted by molar-refractivity contribution is 0.0139. The number of aromatic nitrogens is 3. The van der Waals surface area contributed by atoms with E-state index in [1.807, 2.05) is 25.5 Å². The van der Waals surface area contributed by atoms with Crippen LogP contribution in [-0.4, -0.2) is 62.7 Å². The Kier molecular flexibility index (Phi) is 6.25. The average Bonchev–Trinajstić information content (AvgIpc) is 3.52. The molecule has 34 heavy (non-hydrogen) atoms. The zero-order valence-corrected chi connectivity index (χ0v) is 20.9. The van der Waals surface area contributed by atoms with E-state index in [0.29, 0.717) is 18.1 Å². The second kappa shape index (κ2) is 9.19. The molecule has 1 saturated carbocycles. The van der Waals surface area contributed by atoms with E-state index in [2.05, 4.69) is 51.6 Å². The minimum atomic E-state index is -0.462. The molecule has 1 aliphatic carbocycles. The summed E-state index contributed by atoms with van der Waals surface area (Å²) in [5, 5.41) is 9.34. The third-order valence-electron chi connectivity index (χ3n) is 6.45. The summed E-state index contributed by atoms with van der Waals surface area (Å²) in [6.07, 6.45) is 2.33. The predicted molar refractivity (Wildman–Crippen MR) is 134 cm³/mol. The first-order chi connectivity index (χ1) is 16.3. The van der Waals surface area contributed by atoms with Crippen LogP contribution in [0.15, 0.2) is 36.4 Å². The summed E-state index contributed by atoms with van der Waals surface area (Å²) in [6.45, 7) is 10.5. The van der Waals surface area contributed by atoms with Gasteiger partial charge in [-0.1, -0.05) is 47.1 Å². The van der Waals surface area contributed by atoms with E-state index in [0.717, 1.165) is 54.3 Å². The maximum absolute atomic E-state index is 12.3. The first-order valence-corrected chi connectivity index (χ1v) is 12.5. The van der Waals surface area contributed by atoms with Crippen LogP contribution in [-0.2, 0) is 17.8 Å². The molecular formula is C26H32ClN5O2. The standard InChI is InChI=1S/C26H32ClN5O2/c1-26(2,3)34-25(33)31-14-12-30(13-15-31)16-18-6-8-20(9-7-18)21-10-11-22-24(23(21)27)28-29-32(22)17-19-4-5-19/h6-11,19H,4-5,12-17H2,1-3H3. The number of fused-ring (bicyclic) bond motifs is 1. The van der Waals surface area contributed by atoms with Crippen molar-refractivity contribution in [3.63, 3.8) is 0 Å². The number of hydrogen-bond donors (Lipinski definition) is 0. The number of piperazine rings is 1. The van der Waals surface area contributed by atoms with Crippen molar-refractivity contribution in [1.29, 1.82) is 0 Å². The van der Waals surface area contributed by atoms with Gasteiger partial charge in [0.15, 0.2) is 0 Å². The van der Waals surface area contributed by atoms with E-state index in [1.54, 1.807) is 4.90 Å². The molecule has 2 heterocycles. The van der Waals surface area contributed by atoms with Gasteiger partial charge < -0.3 is 9.64 Å². The van der Waals surface area contributed by atoms with Gasteiger partial charge in [0.2, 0.25) is 0 Å². The smallest absolute Gasteiger partial charge is 0.410 e. The van der Waals surface area contributed by atoms with Gasteiger partial charge in [0, 0.05) is 44.8 Å². The molecule has 5 rings (SSSR count). The molecule has 8 heteroatoms. The summed E-state index contributed by atoms with van der Waals surface area (Å²) in [7, 11) is 0. The van der Waals surface area contributed by atoms with Crippen LogP contribution in [0.1, 0.15) is 39.2 Å². The van der Waals surface area contributed by atoms with Crippen LogP contribution in [0.5, 0.6) is 0 Å². The van der Waals surface area contributed by atoms with Crippen LogP contribution >= 0.6 is 11.6 Å². The number of rotatable bonds is 5. The Morgan fingerprint density at radius 2 is 1.76 bits per heavy atom. The van der Waals surface area contributed by atoms with Gasteiger partial charge in [-0.25, -0.2) is 9.48 Å². The van der Waals surface area contributed by atoms with Crippen molar-refractivity contribution < 1.29 is 9.53 Å². The van der Waals surface area contributed by atoms with E-state index in [4.69, 9.17) is 16.3 Å². The first-order valence-electron chi connectivity index (χ1n) is 12.1. The topological polar surface area (TPSA) is 63.5 Å². The lowest BCUT2D eigenvalue weighted by Crippen LogP contribution is -2.49. The number of amides is 1. The normalized spacial score (nSPS) is 17.4.